The summed E-state index contributed by atoms with van der Waals surface area (Å²) in [6, 6.07) is 5.84. The van der Waals surface area contributed by atoms with Crippen molar-refractivity contribution in [2.75, 3.05) is 5.43 Å². The first-order chi connectivity index (χ1) is 9.51. The van der Waals surface area contributed by atoms with Gasteiger partial charge in [-0.25, -0.2) is 0 Å². The fourth-order valence-electron chi connectivity index (χ4n) is 2.91. The molecule has 1 aromatic carbocycles. The van der Waals surface area contributed by atoms with Crippen LogP contribution in [-0.4, -0.2) is 11.9 Å². The van der Waals surface area contributed by atoms with E-state index < -0.39 is 0 Å². The van der Waals surface area contributed by atoms with Crippen molar-refractivity contribution in [2.45, 2.75) is 46.1 Å². The lowest BCUT2D eigenvalue weighted by Gasteiger charge is -2.32. The lowest BCUT2D eigenvalue weighted by Crippen LogP contribution is -2.39. The summed E-state index contributed by atoms with van der Waals surface area (Å²) in [4.78, 5) is 12.3. The Morgan fingerprint density at radius 1 is 1.25 bits per heavy atom. The number of hydrazine groups is 1. The molecule has 1 saturated carbocycles. The summed E-state index contributed by atoms with van der Waals surface area (Å²) in [5.41, 5.74) is 5.15. The number of rotatable bonds is 3. The molecule has 4 nitrogen and oxygen atoms in total. The van der Waals surface area contributed by atoms with Crippen LogP contribution in [0.1, 0.15) is 49.0 Å². The van der Waals surface area contributed by atoms with Crippen LogP contribution in [0.15, 0.2) is 18.2 Å². The third kappa shape index (κ3) is 3.31. The van der Waals surface area contributed by atoms with Gasteiger partial charge in [0.05, 0.1) is 5.69 Å². The van der Waals surface area contributed by atoms with Gasteiger partial charge in [0.2, 0.25) is 0 Å². The predicted octanol–water partition coefficient (Wildman–Crippen LogP) is 2.84. The van der Waals surface area contributed by atoms with E-state index in [0.717, 1.165) is 30.0 Å². The Kier molecular flexibility index (Phi) is 4.65. The molecule has 1 amide bonds. The molecule has 3 atom stereocenters. The van der Waals surface area contributed by atoms with Crippen LogP contribution in [0.3, 0.4) is 0 Å². The average Bonchev–Trinajstić information content (AvgIpc) is 2.42. The van der Waals surface area contributed by atoms with Crippen LogP contribution in [-0.2, 0) is 0 Å². The van der Waals surface area contributed by atoms with E-state index in [1.54, 1.807) is 0 Å². The summed E-state index contributed by atoms with van der Waals surface area (Å²) in [6.45, 7) is 6.51. The minimum absolute atomic E-state index is 0.0171. The third-order valence-electron chi connectivity index (χ3n) is 4.58. The first-order valence-electron chi connectivity index (χ1n) is 7.39. The Hall–Kier alpha value is -1.55. The molecule has 110 valence electrons. The monoisotopic (exact) mass is 275 g/mol. The molecule has 20 heavy (non-hydrogen) atoms. The van der Waals surface area contributed by atoms with Crippen molar-refractivity contribution in [2.24, 2.45) is 17.7 Å². The van der Waals surface area contributed by atoms with E-state index in [0.29, 0.717) is 17.5 Å². The second-order valence-corrected chi connectivity index (χ2v) is 6.11. The first-order valence-corrected chi connectivity index (χ1v) is 7.39. The van der Waals surface area contributed by atoms with Gasteiger partial charge in [-0.3, -0.25) is 10.6 Å². The molecule has 0 saturated heterocycles. The fourth-order valence-corrected chi connectivity index (χ4v) is 2.91. The van der Waals surface area contributed by atoms with Gasteiger partial charge in [0.25, 0.3) is 5.91 Å². The number of amides is 1. The number of nitrogens with two attached hydrogens (primary N) is 1. The van der Waals surface area contributed by atoms with Crippen LogP contribution in [0.5, 0.6) is 0 Å². The van der Waals surface area contributed by atoms with E-state index in [4.69, 9.17) is 5.84 Å². The van der Waals surface area contributed by atoms with Crippen LogP contribution in [0.2, 0.25) is 0 Å². The van der Waals surface area contributed by atoms with E-state index in [1.165, 1.54) is 6.42 Å². The molecule has 3 unspecified atom stereocenters. The van der Waals surface area contributed by atoms with Gasteiger partial charge < -0.3 is 10.7 Å². The number of nitrogen functional groups attached to an aromatic ring is 1. The highest BCUT2D eigenvalue weighted by Crippen LogP contribution is 2.29. The van der Waals surface area contributed by atoms with Gasteiger partial charge in [0.1, 0.15) is 0 Å². The van der Waals surface area contributed by atoms with Crippen LogP contribution in [0, 0.1) is 18.8 Å². The Morgan fingerprint density at radius 2 is 2.00 bits per heavy atom. The zero-order valence-electron chi connectivity index (χ0n) is 12.6. The second kappa shape index (κ2) is 6.27. The highest BCUT2D eigenvalue weighted by Gasteiger charge is 2.25. The summed E-state index contributed by atoms with van der Waals surface area (Å²) < 4.78 is 0. The van der Waals surface area contributed by atoms with Crippen LogP contribution in [0.4, 0.5) is 5.69 Å². The van der Waals surface area contributed by atoms with Gasteiger partial charge in [-0.2, -0.15) is 0 Å². The quantitative estimate of drug-likeness (QED) is 0.587. The Morgan fingerprint density at radius 3 is 2.60 bits per heavy atom. The highest BCUT2D eigenvalue weighted by molar-refractivity contribution is 5.95. The van der Waals surface area contributed by atoms with E-state index in [-0.39, 0.29) is 5.91 Å². The van der Waals surface area contributed by atoms with Crippen molar-refractivity contribution in [3.8, 4) is 0 Å². The summed E-state index contributed by atoms with van der Waals surface area (Å²) in [5, 5.41) is 3.16. The summed E-state index contributed by atoms with van der Waals surface area (Å²) in [7, 11) is 0. The molecule has 0 bridgehead atoms. The molecule has 1 aromatic rings. The predicted molar refractivity (Wildman–Crippen MR) is 82.4 cm³/mol. The number of hydrogen-bond acceptors (Lipinski definition) is 3. The molecule has 4 N–H and O–H groups in total. The summed E-state index contributed by atoms with van der Waals surface area (Å²) in [5.74, 6) is 6.87. The van der Waals surface area contributed by atoms with E-state index >= 15 is 0 Å². The minimum atomic E-state index is 0.0171. The summed E-state index contributed by atoms with van der Waals surface area (Å²) in [6.07, 6.45) is 3.36. The Balaban J connectivity index is 2.00. The molecule has 2 rings (SSSR count). The zero-order valence-corrected chi connectivity index (χ0v) is 12.6. The van der Waals surface area contributed by atoms with Crippen molar-refractivity contribution in [1.29, 1.82) is 0 Å². The topological polar surface area (TPSA) is 67.2 Å². The third-order valence-corrected chi connectivity index (χ3v) is 4.58. The molecule has 4 heteroatoms. The zero-order chi connectivity index (χ0) is 14.7. The smallest absolute Gasteiger partial charge is 0.251 e. The molecular weight excluding hydrogens is 250 g/mol. The van der Waals surface area contributed by atoms with Crippen LogP contribution in [0.25, 0.3) is 0 Å². The lowest BCUT2D eigenvalue weighted by atomic mass is 9.79. The van der Waals surface area contributed by atoms with Gasteiger partial charge in [0, 0.05) is 11.6 Å². The number of anilines is 1. The maximum Gasteiger partial charge on any atom is 0.251 e. The van der Waals surface area contributed by atoms with E-state index in [2.05, 4.69) is 24.6 Å². The van der Waals surface area contributed by atoms with Crippen molar-refractivity contribution in [3.63, 3.8) is 0 Å². The van der Waals surface area contributed by atoms with Gasteiger partial charge in [-0.15, -0.1) is 0 Å². The molecule has 1 aliphatic carbocycles. The molecule has 1 fully saturated rings. The van der Waals surface area contributed by atoms with Crippen molar-refractivity contribution in [1.82, 2.24) is 5.32 Å². The molecule has 0 aromatic heterocycles. The number of aryl methyl sites for hydroxylation is 1. The maximum absolute atomic E-state index is 12.3. The number of carbonyl (C=O) groups excluding carboxylic acids is 1. The number of nitrogens with one attached hydrogen (secondary N) is 2. The van der Waals surface area contributed by atoms with Gasteiger partial charge in [-0.05, 0) is 61.8 Å². The highest BCUT2D eigenvalue weighted by atomic mass is 16.1. The fraction of sp³-hybridized carbons (Fsp3) is 0.562. The lowest BCUT2D eigenvalue weighted by molar-refractivity contribution is 0.0910. The summed E-state index contributed by atoms with van der Waals surface area (Å²) >= 11 is 0. The molecule has 1 aliphatic rings. The van der Waals surface area contributed by atoms with Gasteiger partial charge >= 0.3 is 0 Å². The second-order valence-electron chi connectivity index (χ2n) is 6.11. The van der Waals surface area contributed by atoms with Gasteiger partial charge in [0.15, 0.2) is 0 Å². The Bertz CT molecular complexity index is 487. The van der Waals surface area contributed by atoms with Crippen LogP contribution >= 0.6 is 0 Å². The van der Waals surface area contributed by atoms with Gasteiger partial charge in [-0.1, -0.05) is 13.8 Å². The van der Waals surface area contributed by atoms with E-state index in [9.17, 15) is 4.79 Å². The molecular formula is C16H25N3O. The molecule has 0 heterocycles. The molecule has 0 radical (unpaired) electrons. The first kappa shape index (κ1) is 14.9. The minimum Gasteiger partial charge on any atom is -0.349 e. The number of benzene rings is 1. The van der Waals surface area contributed by atoms with Crippen molar-refractivity contribution >= 4 is 11.6 Å². The molecule has 0 spiro atoms. The maximum atomic E-state index is 12.3. The SMILES string of the molecule is Cc1cc(C(=O)NC2CCC(C)C(C)C2)ccc1NN. The standard InChI is InChI=1S/C16H25N3O/c1-10-4-6-14(9-11(10)2)18-16(20)13-5-7-15(19-17)12(3)8-13/h5,7-8,10-11,14,19H,4,6,9,17H2,1-3H3,(H,18,20). The van der Waals surface area contributed by atoms with Crippen LogP contribution < -0.4 is 16.6 Å². The normalized spacial score (nSPS) is 26.1. The number of hydrogen-bond donors (Lipinski definition) is 3. The van der Waals surface area contributed by atoms with E-state index in [1.807, 2.05) is 25.1 Å². The van der Waals surface area contributed by atoms with Crippen molar-refractivity contribution in [3.05, 3.63) is 29.3 Å². The van der Waals surface area contributed by atoms with Crippen molar-refractivity contribution < 1.29 is 4.79 Å². The average molecular weight is 275 g/mol. The number of carbonyl (C=O) groups is 1. The largest absolute Gasteiger partial charge is 0.349 e. The Labute approximate surface area is 121 Å². The molecule has 0 aliphatic heterocycles.